The van der Waals surface area contributed by atoms with E-state index in [-0.39, 0.29) is 11.2 Å². The highest BCUT2D eigenvalue weighted by Gasteiger charge is 2.21. The molecule has 0 spiro atoms. The van der Waals surface area contributed by atoms with E-state index < -0.39 is 0 Å². The molecular weight excluding hydrogens is 344 g/mol. The summed E-state index contributed by atoms with van der Waals surface area (Å²) >= 11 is 2.74. The van der Waals surface area contributed by atoms with E-state index in [4.69, 9.17) is 0 Å². The third kappa shape index (κ3) is 3.80. The van der Waals surface area contributed by atoms with E-state index >= 15 is 0 Å². The maximum Gasteiger partial charge on any atom is 0.239 e. The normalized spacial score (nSPS) is 12.1. The first-order chi connectivity index (χ1) is 11.7. The van der Waals surface area contributed by atoms with Gasteiger partial charge in [-0.05, 0) is 6.42 Å². The van der Waals surface area contributed by atoms with Gasteiger partial charge in [-0.2, -0.15) is 0 Å². The molecule has 0 fully saturated rings. The number of aryl methyl sites for hydroxylation is 1. The lowest BCUT2D eigenvalue weighted by molar-refractivity contribution is -0.115. The van der Waals surface area contributed by atoms with Crippen molar-refractivity contribution < 1.29 is 4.79 Å². The molecule has 3 rings (SSSR count). The Morgan fingerprint density at radius 1 is 1.29 bits per heavy atom. The summed E-state index contributed by atoms with van der Waals surface area (Å²) in [6.07, 6.45) is 2.29. The molecule has 0 aliphatic heterocycles. The van der Waals surface area contributed by atoms with Crippen LogP contribution < -0.4 is 5.32 Å². The van der Waals surface area contributed by atoms with Crippen molar-refractivity contribution in [3.63, 3.8) is 0 Å². The maximum absolute atomic E-state index is 12.5. The fourth-order valence-electron chi connectivity index (χ4n) is 1.99. The predicted octanol–water partition coefficient (Wildman–Crippen LogP) is 2.84. The Morgan fingerprint density at radius 2 is 2.08 bits per heavy atom. The molecule has 3 aromatic rings. The van der Waals surface area contributed by atoms with Gasteiger partial charge in [-0.3, -0.25) is 10.1 Å². The molecule has 0 radical (unpaired) electrons. The van der Waals surface area contributed by atoms with Crippen LogP contribution in [0.15, 0.2) is 41.8 Å². The zero-order valence-electron chi connectivity index (χ0n) is 13.2. The highest BCUT2D eigenvalue weighted by Crippen LogP contribution is 2.28. The smallest absolute Gasteiger partial charge is 0.239 e. The summed E-state index contributed by atoms with van der Waals surface area (Å²) in [5.74, 6) is -0.110. The van der Waals surface area contributed by atoms with Crippen LogP contribution in [0, 0.1) is 0 Å². The molecule has 0 saturated carbocycles. The van der Waals surface area contributed by atoms with Gasteiger partial charge in [0.05, 0.1) is 5.25 Å². The molecule has 2 aromatic heterocycles. The van der Waals surface area contributed by atoms with Crippen molar-refractivity contribution in [3.05, 3.63) is 36.7 Å². The summed E-state index contributed by atoms with van der Waals surface area (Å²) in [6.45, 7) is 1.96. The van der Waals surface area contributed by atoms with E-state index in [1.54, 1.807) is 10.9 Å². The van der Waals surface area contributed by atoms with Crippen molar-refractivity contribution in [2.75, 3.05) is 5.32 Å². The second-order valence-corrected chi connectivity index (χ2v) is 7.15. The number of hydrogen-bond donors (Lipinski definition) is 1. The Labute approximate surface area is 147 Å². The van der Waals surface area contributed by atoms with Crippen molar-refractivity contribution in [3.8, 4) is 10.6 Å². The Bertz CT molecular complexity index is 816. The van der Waals surface area contributed by atoms with Crippen molar-refractivity contribution in [1.82, 2.24) is 25.0 Å². The Kier molecular flexibility index (Phi) is 5.21. The van der Waals surface area contributed by atoms with E-state index in [0.29, 0.717) is 16.7 Å². The summed E-state index contributed by atoms with van der Waals surface area (Å²) in [5.41, 5.74) is 0.982. The van der Waals surface area contributed by atoms with Crippen LogP contribution in [0.25, 0.3) is 10.6 Å². The molecule has 2 heterocycles. The molecule has 0 aliphatic rings. The molecule has 1 N–H and O–H groups in total. The van der Waals surface area contributed by atoms with Crippen LogP contribution in [0.2, 0.25) is 0 Å². The number of benzene rings is 1. The molecule has 1 amide bonds. The Balaban J connectivity index is 1.67. The van der Waals surface area contributed by atoms with Gasteiger partial charge in [0.1, 0.15) is 11.3 Å². The number of amides is 1. The van der Waals surface area contributed by atoms with Gasteiger partial charge in [-0.1, -0.05) is 60.4 Å². The number of carbonyl (C=O) groups is 1. The fourth-order valence-corrected chi connectivity index (χ4v) is 3.63. The van der Waals surface area contributed by atoms with Gasteiger partial charge in [0, 0.05) is 12.6 Å². The summed E-state index contributed by atoms with van der Waals surface area (Å²) in [5, 5.41) is 20.6. The van der Waals surface area contributed by atoms with Crippen molar-refractivity contribution in [1.29, 1.82) is 0 Å². The van der Waals surface area contributed by atoms with Crippen LogP contribution in [-0.2, 0) is 11.8 Å². The van der Waals surface area contributed by atoms with Crippen LogP contribution >= 0.6 is 23.1 Å². The molecule has 1 unspecified atom stereocenters. The minimum absolute atomic E-state index is 0.110. The summed E-state index contributed by atoms with van der Waals surface area (Å²) in [7, 11) is 1.85. The molecule has 9 heteroatoms. The third-order valence-corrected chi connectivity index (χ3v) is 5.56. The zero-order valence-corrected chi connectivity index (χ0v) is 14.8. The van der Waals surface area contributed by atoms with Crippen LogP contribution in [0.5, 0.6) is 0 Å². The van der Waals surface area contributed by atoms with Gasteiger partial charge in [0.2, 0.25) is 11.0 Å². The van der Waals surface area contributed by atoms with Gasteiger partial charge < -0.3 is 4.57 Å². The van der Waals surface area contributed by atoms with E-state index in [2.05, 4.69) is 25.7 Å². The molecule has 124 valence electrons. The zero-order chi connectivity index (χ0) is 16.9. The molecule has 0 saturated heterocycles. The van der Waals surface area contributed by atoms with Gasteiger partial charge in [0.15, 0.2) is 5.16 Å². The lowest BCUT2D eigenvalue weighted by Gasteiger charge is -2.12. The number of carbonyl (C=O) groups excluding carboxylic acids is 1. The third-order valence-electron chi connectivity index (χ3n) is 3.26. The molecule has 1 aromatic carbocycles. The predicted molar refractivity (Wildman–Crippen MR) is 94.9 cm³/mol. The van der Waals surface area contributed by atoms with Gasteiger partial charge in [0.25, 0.3) is 0 Å². The van der Waals surface area contributed by atoms with Gasteiger partial charge >= 0.3 is 0 Å². The highest BCUT2D eigenvalue weighted by atomic mass is 32.2. The van der Waals surface area contributed by atoms with Crippen LogP contribution in [0.3, 0.4) is 0 Å². The summed E-state index contributed by atoms with van der Waals surface area (Å²) < 4.78 is 1.79. The number of nitrogens with zero attached hydrogens (tertiary/aromatic N) is 5. The minimum Gasteiger partial charge on any atom is -0.312 e. The molecule has 0 aliphatic carbocycles. The first-order valence-corrected chi connectivity index (χ1v) is 9.07. The first kappa shape index (κ1) is 16.6. The average Bonchev–Trinajstić information content (AvgIpc) is 3.22. The van der Waals surface area contributed by atoms with Crippen LogP contribution in [-0.4, -0.2) is 36.1 Å². The number of hydrogen-bond acceptors (Lipinski definition) is 7. The van der Waals surface area contributed by atoms with E-state index in [0.717, 1.165) is 10.6 Å². The highest BCUT2D eigenvalue weighted by molar-refractivity contribution is 8.00. The summed E-state index contributed by atoms with van der Waals surface area (Å²) in [4.78, 5) is 12.5. The Morgan fingerprint density at radius 3 is 2.75 bits per heavy atom. The molecule has 1 atom stereocenters. The number of thioether (sulfide) groups is 1. The standard InChI is InChI=1S/C15H16N6OS2/c1-3-11(23-15-20-16-9-21(15)2)12(22)17-14-19-18-13(24-14)10-7-5-4-6-8-10/h4-9,11H,3H2,1-2H3,(H,17,19,22). The second-order valence-electron chi connectivity index (χ2n) is 5.01. The fraction of sp³-hybridized carbons (Fsp3) is 0.267. The van der Waals surface area contributed by atoms with Crippen molar-refractivity contribution in [2.45, 2.75) is 23.8 Å². The Hall–Kier alpha value is -2.26. The number of aromatic nitrogens is 5. The van der Waals surface area contributed by atoms with E-state index in [9.17, 15) is 4.79 Å². The molecule has 0 bridgehead atoms. The van der Waals surface area contributed by atoms with Gasteiger partial charge in [-0.15, -0.1) is 20.4 Å². The second kappa shape index (κ2) is 7.54. The van der Waals surface area contributed by atoms with Gasteiger partial charge in [-0.25, -0.2) is 0 Å². The molecule has 7 nitrogen and oxygen atoms in total. The van der Waals surface area contributed by atoms with E-state index in [1.165, 1.54) is 23.1 Å². The monoisotopic (exact) mass is 360 g/mol. The number of anilines is 1. The largest absolute Gasteiger partial charge is 0.312 e. The molecular formula is C15H16N6OS2. The lowest BCUT2D eigenvalue weighted by Crippen LogP contribution is -2.24. The topological polar surface area (TPSA) is 85.6 Å². The van der Waals surface area contributed by atoms with Crippen LogP contribution in [0.1, 0.15) is 13.3 Å². The maximum atomic E-state index is 12.5. The SMILES string of the molecule is CCC(Sc1nncn1C)C(=O)Nc1nnc(-c2ccccc2)s1. The minimum atomic E-state index is -0.267. The van der Waals surface area contributed by atoms with E-state index in [1.807, 2.05) is 44.3 Å². The van der Waals surface area contributed by atoms with Crippen LogP contribution in [0.4, 0.5) is 5.13 Å². The lowest BCUT2D eigenvalue weighted by atomic mass is 10.2. The number of nitrogens with one attached hydrogen (secondary N) is 1. The van der Waals surface area contributed by atoms with Crippen molar-refractivity contribution in [2.24, 2.45) is 7.05 Å². The molecule has 24 heavy (non-hydrogen) atoms. The summed E-state index contributed by atoms with van der Waals surface area (Å²) in [6, 6.07) is 9.76. The average molecular weight is 360 g/mol. The number of rotatable bonds is 6. The van der Waals surface area contributed by atoms with Crippen molar-refractivity contribution >= 4 is 34.1 Å². The quantitative estimate of drug-likeness (QED) is 0.680. The first-order valence-electron chi connectivity index (χ1n) is 7.37.